The molecule has 14 aromatic rings. The van der Waals surface area contributed by atoms with Gasteiger partial charge in [0, 0.05) is 77.5 Å². The van der Waals surface area contributed by atoms with Crippen LogP contribution in [0.15, 0.2) is 221 Å². The number of benzene rings is 10. The van der Waals surface area contributed by atoms with Gasteiger partial charge in [-0.25, -0.2) is 4.79 Å². The van der Waals surface area contributed by atoms with Gasteiger partial charge in [0.15, 0.2) is 11.6 Å². The highest BCUT2D eigenvalue weighted by Crippen LogP contribution is 2.49. The lowest BCUT2D eigenvalue weighted by atomic mass is 9.96. The number of carboxylic acid groups (broad SMARTS) is 1. The fraction of sp³-hybridized carbons (Fsp3) is 0.291. The smallest absolute Gasteiger partial charge is 0.416 e. The van der Waals surface area contributed by atoms with Crippen LogP contribution in [0.5, 0.6) is 0 Å². The highest BCUT2D eigenvalue weighted by atomic mass is 79.9. The maximum Gasteiger partial charge on any atom is 0.416 e. The monoisotopic (exact) mass is 2130 g/mol. The minimum atomic E-state index is -4.39. The minimum Gasteiger partial charge on any atom is -0.478 e. The van der Waals surface area contributed by atoms with E-state index >= 15 is 0 Å². The molecular weight excluding hydrogens is 2050 g/mol. The van der Waals surface area contributed by atoms with Crippen molar-refractivity contribution in [2.45, 2.75) is 187 Å². The minimum absolute atomic E-state index is 0. The Morgan fingerprint density at radius 1 is 0.314 bits per heavy atom. The molecule has 5 fully saturated rings. The number of carbonyl (C=O) groups is 5. The van der Waals surface area contributed by atoms with E-state index in [4.69, 9.17) is 0 Å². The van der Waals surface area contributed by atoms with Gasteiger partial charge in [-0.05, 0) is 275 Å². The summed E-state index contributed by atoms with van der Waals surface area (Å²) in [6.07, 6.45) is -9.04. The molecule has 5 saturated carbocycles. The van der Waals surface area contributed by atoms with Crippen LogP contribution in [0.25, 0.3) is 42.3 Å². The number of rotatable bonds is 23. The predicted octanol–water partition coefficient (Wildman–Crippen LogP) is 29.8. The van der Waals surface area contributed by atoms with E-state index in [-0.39, 0.29) is 57.7 Å². The van der Waals surface area contributed by atoms with Gasteiger partial charge in [-0.15, -0.1) is 40.8 Å². The number of alkyl halides is 15. The molecule has 140 heavy (non-hydrogen) atoms. The predicted molar refractivity (Wildman–Crippen MR) is 518 cm³/mol. The SMILES string of the molecule is C.C.C.CC(=O)c1ccc(Cc2ccc(C(F)(F)F)cc2)c(-c2nnc(C3CC3)s2)c1.CC(=O)c1ccc(Cc2ccc(C(F)(F)F)cc2)c(-c2nnc(C3CC3)s2)c1.FC(F)(F)c1ccc(Cc2ccc(Br)cc2-c2nnc(C3CC3)s2)cc1.O=C(NNC(=O)C1CC1)c1cc(Br)ccc1Cc1ccc(C(F)(F)F)cc1.O=C(O)c1ccc(Cc2ccc(C(F)(F)F)cc2)c(-c2nnc(C3CC3)s2)c1. The van der Waals surface area contributed by atoms with Gasteiger partial charge < -0.3 is 5.11 Å². The molecule has 0 unspecified atom stereocenters. The van der Waals surface area contributed by atoms with Crippen molar-refractivity contribution in [1.29, 1.82) is 0 Å². The third-order valence-corrected chi connectivity index (χ3v) is 28.3. The average Bonchev–Trinajstić information content (AvgIpc) is 1.63. The second-order valence-electron chi connectivity index (χ2n) is 33.6. The second-order valence-corrected chi connectivity index (χ2v) is 39.5. The summed E-state index contributed by atoms with van der Waals surface area (Å²) >= 11 is 12.9. The third-order valence-electron chi connectivity index (χ3n) is 22.8. The number of carbonyl (C=O) groups excluding carboxylic acids is 4. The molecule has 0 aliphatic heterocycles. The fourth-order valence-electron chi connectivity index (χ4n) is 14.3. The molecule has 4 aromatic heterocycles. The zero-order valence-corrected chi connectivity index (χ0v) is 78.8. The average molecular weight is 2140 g/mol. The van der Waals surface area contributed by atoms with Crippen molar-refractivity contribution in [3.8, 4) is 42.3 Å². The summed E-state index contributed by atoms with van der Waals surface area (Å²) in [6.45, 7) is 3.01. The summed E-state index contributed by atoms with van der Waals surface area (Å²) in [4.78, 5) is 59.1. The first-order valence-corrected chi connectivity index (χ1v) is 47.9. The molecule has 0 atom stereocenters. The molecule has 16 nitrogen and oxygen atoms in total. The van der Waals surface area contributed by atoms with Crippen molar-refractivity contribution in [3.63, 3.8) is 0 Å². The van der Waals surface area contributed by atoms with Crippen LogP contribution in [0.4, 0.5) is 65.9 Å². The van der Waals surface area contributed by atoms with E-state index in [1.54, 1.807) is 65.9 Å². The van der Waals surface area contributed by atoms with E-state index in [1.165, 1.54) is 127 Å². The number of Topliss-reactive ketones (excluding diaryl/α,β-unsaturated/α-hetero) is 2. The Hall–Kier alpha value is -11.9. The van der Waals surface area contributed by atoms with Crippen LogP contribution >= 0.6 is 77.2 Å². The molecular formula is C103H91Br2F15N10O6S4. The Bertz CT molecular complexity index is 6330. The van der Waals surface area contributed by atoms with E-state index in [9.17, 15) is 94.9 Å². The zero-order valence-electron chi connectivity index (χ0n) is 72.3. The van der Waals surface area contributed by atoms with Gasteiger partial charge in [0.05, 0.1) is 33.4 Å². The topological polar surface area (TPSA) is 233 Å². The summed E-state index contributed by atoms with van der Waals surface area (Å²) in [6, 6.07) is 52.0. The van der Waals surface area contributed by atoms with Gasteiger partial charge in [-0.2, -0.15) is 65.9 Å². The summed E-state index contributed by atoms with van der Waals surface area (Å²) in [7, 11) is 0. The number of amides is 2. The van der Waals surface area contributed by atoms with Crippen molar-refractivity contribution in [1.82, 2.24) is 51.6 Å². The molecule has 4 heterocycles. The zero-order chi connectivity index (χ0) is 97.6. The number of nitrogens with zero attached hydrogens (tertiary/aromatic N) is 8. The molecule has 37 heteroatoms. The third kappa shape index (κ3) is 28.9. The largest absolute Gasteiger partial charge is 0.478 e. The molecule has 2 amide bonds. The van der Waals surface area contributed by atoms with E-state index in [2.05, 4.69) is 83.5 Å². The van der Waals surface area contributed by atoms with Gasteiger partial charge >= 0.3 is 36.9 Å². The number of carboxylic acids is 1. The van der Waals surface area contributed by atoms with E-state index in [0.29, 0.717) is 97.8 Å². The Labute approximate surface area is 829 Å². The Morgan fingerprint density at radius 2 is 0.557 bits per heavy atom. The first-order valence-electron chi connectivity index (χ1n) is 43.0. The van der Waals surface area contributed by atoms with Crippen LogP contribution in [0, 0.1) is 5.92 Å². The summed E-state index contributed by atoms with van der Waals surface area (Å²) in [5, 5.41) is 50.5. The first-order chi connectivity index (χ1) is 65.1. The van der Waals surface area contributed by atoms with E-state index in [0.717, 1.165) is 207 Å². The molecule has 5 aliphatic carbocycles. The van der Waals surface area contributed by atoms with Crippen LogP contribution < -0.4 is 10.9 Å². The number of hydrazine groups is 1. The maximum absolute atomic E-state index is 12.8. The lowest BCUT2D eigenvalue weighted by Crippen LogP contribution is -2.42. The lowest BCUT2D eigenvalue weighted by Gasteiger charge is -2.12. The van der Waals surface area contributed by atoms with Crippen LogP contribution in [-0.4, -0.2) is 75.2 Å². The number of hydrogen-bond acceptors (Lipinski definition) is 17. The normalized spacial score (nSPS) is 14.0. The first kappa shape index (κ1) is 107. The molecule has 0 radical (unpaired) electrons. The number of aromatic carboxylic acids is 1. The second kappa shape index (κ2) is 45.4. The van der Waals surface area contributed by atoms with E-state index < -0.39 is 70.6 Å². The van der Waals surface area contributed by atoms with Crippen LogP contribution in [-0.2, 0) is 67.8 Å². The molecule has 10 aromatic carbocycles. The Morgan fingerprint density at radius 3 is 0.814 bits per heavy atom. The van der Waals surface area contributed by atoms with Crippen molar-refractivity contribution < 1.29 is 94.9 Å². The molecule has 0 saturated heterocycles. The van der Waals surface area contributed by atoms with Gasteiger partial charge in [-0.1, -0.05) is 203 Å². The molecule has 19 rings (SSSR count). The molecule has 0 bridgehead atoms. The maximum atomic E-state index is 12.8. The number of nitrogens with one attached hydrogen (secondary N) is 2. The fourth-order valence-corrected chi connectivity index (χ4v) is 19.3. The highest BCUT2D eigenvalue weighted by Gasteiger charge is 2.38. The molecule has 0 spiro atoms. The quantitative estimate of drug-likeness (QED) is 0.0307. The molecule has 5 aliphatic rings. The summed E-state index contributed by atoms with van der Waals surface area (Å²) in [5.41, 5.74) is 14.3. The number of hydrogen-bond donors (Lipinski definition) is 3. The van der Waals surface area contributed by atoms with Gasteiger partial charge in [0.25, 0.3) is 5.91 Å². The van der Waals surface area contributed by atoms with Crippen LogP contribution in [0.1, 0.15) is 269 Å². The van der Waals surface area contributed by atoms with E-state index in [1.807, 2.05) is 30.3 Å². The number of ketones is 2. The van der Waals surface area contributed by atoms with Gasteiger partial charge in [-0.3, -0.25) is 30.0 Å². The van der Waals surface area contributed by atoms with Gasteiger partial charge in [0.1, 0.15) is 40.1 Å². The standard InChI is InChI=1S/2C21H17F3N2OS.C20H15F3N2O2S.C19H16BrF3N2O2.C19H14BrF3N2S.3CH4/c2*1-12(27)15-6-7-16(10-13-2-8-17(9-3-13)21(22,23)24)18(11-15)20-26-25-19(28-20)14-4-5-14;21-20(22,23)15-7-1-11(2-8-15)9-13-5-6-14(19(26)27)10-16(13)18-25-24-17(28-18)12-3-4-12;20-15-8-5-13(9-11-1-6-14(7-2-11)19(21,22)23)16(10-15)18(27)25-24-17(26)12-3-4-12;20-15-8-5-13(9-11-1-6-14(7-2-11)19(21,22)23)16(10-15)18-25-24-17(26-18)12-3-4-12;;;/h2*2-3,6-9,11,14H,4-5,10H2,1H3;1-2,5-8,10,12H,3-4,9H2,(H,26,27);1-2,5-8,10,12H,3-4,9H2,(H,24,26)(H,25,27);1-2,5-8,10,12H,3-4,9H2;3*1H4. The number of halogens is 17. The Balaban J connectivity index is 0.000000156. The van der Waals surface area contributed by atoms with Crippen molar-refractivity contribution in [3.05, 3.63) is 347 Å². The lowest BCUT2D eigenvalue weighted by molar-refractivity contribution is -0.138. The van der Waals surface area contributed by atoms with Crippen molar-refractivity contribution in [2.24, 2.45) is 5.92 Å². The van der Waals surface area contributed by atoms with Crippen molar-refractivity contribution >= 4 is 107 Å². The van der Waals surface area contributed by atoms with Crippen LogP contribution in [0.2, 0.25) is 0 Å². The Kier molecular flexibility index (Phi) is 34.6. The van der Waals surface area contributed by atoms with Crippen LogP contribution in [0.3, 0.4) is 0 Å². The highest BCUT2D eigenvalue weighted by molar-refractivity contribution is 9.10. The molecule has 732 valence electrons. The number of aromatic nitrogens is 8. The summed E-state index contributed by atoms with van der Waals surface area (Å²) < 4.78 is 193. The molecule has 3 N–H and O–H groups in total. The summed E-state index contributed by atoms with van der Waals surface area (Å²) in [5.74, 6) is 0.0762. The van der Waals surface area contributed by atoms with Crippen molar-refractivity contribution in [2.75, 3.05) is 0 Å². The van der Waals surface area contributed by atoms with Gasteiger partial charge in [0.2, 0.25) is 5.91 Å².